The van der Waals surface area contributed by atoms with E-state index >= 15 is 0 Å². The maximum Gasteiger partial charge on any atom is 0.146 e. The van der Waals surface area contributed by atoms with E-state index in [1.165, 1.54) is 64.2 Å². The lowest BCUT2D eigenvalue weighted by Gasteiger charge is -2.23. The van der Waals surface area contributed by atoms with E-state index in [0.717, 1.165) is 25.0 Å². The topological polar surface area (TPSA) is 18.5 Å². The summed E-state index contributed by atoms with van der Waals surface area (Å²) in [5.41, 5.74) is 0. The molecule has 0 aliphatic heterocycles. The summed E-state index contributed by atoms with van der Waals surface area (Å²) < 4.78 is 11.3. The Morgan fingerprint density at radius 2 is 1.00 bits per heavy atom. The first-order chi connectivity index (χ1) is 8.45. The molecule has 2 rings (SSSR count). The molecule has 2 heteroatoms. The molecule has 2 nitrogen and oxygen atoms in total. The van der Waals surface area contributed by atoms with Crippen molar-refractivity contribution in [1.29, 1.82) is 0 Å². The highest BCUT2D eigenvalue weighted by Crippen LogP contribution is 2.24. The lowest BCUT2D eigenvalue weighted by Crippen LogP contribution is -2.17. The zero-order valence-corrected chi connectivity index (χ0v) is 11.2. The Kier molecular flexibility index (Phi) is 6.36. The fourth-order valence-electron chi connectivity index (χ4n) is 3.20. The van der Waals surface area contributed by atoms with Crippen LogP contribution in [0, 0.1) is 11.8 Å². The SMILES string of the molecule is C1CCC(COCOCC2CCCCC2)CC1. The van der Waals surface area contributed by atoms with Crippen LogP contribution in [0.15, 0.2) is 0 Å². The summed E-state index contributed by atoms with van der Waals surface area (Å²) in [6, 6.07) is 0. The Hall–Kier alpha value is -0.0800. The van der Waals surface area contributed by atoms with Crippen molar-refractivity contribution in [2.24, 2.45) is 11.8 Å². The second kappa shape index (κ2) is 8.10. The van der Waals surface area contributed by atoms with Crippen molar-refractivity contribution in [1.82, 2.24) is 0 Å². The number of hydrogen-bond donors (Lipinski definition) is 0. The highest BCUT2D eigenvalue weighted by Gasteiger charge is 2.14. The molecule has 0 amide bonds. The van der Waals surface area contributed by atoms with Crippen LogP contribution in [0.3, 0.4) is 0 Å². The van der Waals surface area contributed by atoms with Gasteiger partial charge in [0.05, 0.1) is 13.2 Å². The van der Waals surface area contributed by atoms with Crippen LogP contribution in [-0.4, -0.2) is 20.0 Å². The normalized spacial score (nSPS) is 24.0. The summed E-state index contributed by atoms with van der Waals surface area (Å²) >= 11 is 0. The van der Waals surface area contributed by atoms with E-state index in [4.69, 9.17) is 9.47 Å². The Bertz CT molecular complexity index is 161. The van der Waals surface area contributed by atoms with Crippen LogP contribution in [-0.2, 0) is 9.47 Å². The van der Waals surface area contributed by atoms with E-state index in [2.05, 4.69) is 0 Å². The lowest BCUT2D eigenvalue weighted by molar-refractivity contribution is -0.0791. The molecule has 0 aromatic heterocycles. The summed E-state index contributed by atoms with van der Waals surface area (Å²) in [6.45, 7) is 2.36. The molecule has 2 fully saturated rings. The second-order valence-electron chi connectivity index (χ2n) is 5.87. The van der Waals surface area contributed by atoms with Crippen molar-refractivity contribution < 1.29 is 9.47 Å². The molecule has 2 aliphatic carbocycles. The van der Waals surface area contributed by atoms with E-state index in [1.807, 2.05) is 0 Å². The van der Waals surface area contributed by atoms with E-state index in [0.29, 0.717) is 6.79 Å². The standard InChI is InChI=1S/C15H28O2/c1-3-7-14(8-4-1)11-16-13-17-12-15-9-5-2-6-10-15/h14-15H,1-13H2. The van der Waals surface area contributed by atoms with Crippen LogP contribution in [0.4, 0.5) is 0 Å². The van der Waals surface area contributed by atoms with Crippen molar-refractivity contribution in [3.05, 3.63) is 0 Å². The van der Waals surface area contributed by atoms with Crippen molar-refractivity contribution in [3.63, 3.8) is 0 Å². The summed E-state index contributed by atoms with van der Waals surface area (Å²) in [6.07, 6.45) is 13.9. The van der Waals surface area contributed by atoms with Crippen LogP contribution in [0.2, 0.25) is 0 Å². The highest BCUT2D eigenvalue weighted by molar-refractivity contribution is 4.65. The Morgan fingerprint density at radius 1 is 0.588 bits per heavy atom. The second-order valence-corrected chi connectivity index (χ2v) is 5.87. The summed E-state index contributed by atoms with van der Waals surface area (Å²) in [5, 5.41) is 0. The van der Waals surface area contributed by atoms with Gasteiger partial charge >= 0.3 is 0 Å². The smallest absolute Gasteiger partial charge is 0.146 e. The van der Waals surface area contributed by atoms with Crippen LogP contribution in [0.1, 0.15) is 64.2 Å². The summed E-state index contributed by atoms with van der Waals surface area (Å²) in [5.74, 6) is 1.61. The molecule has 0 spiro atoms. The van der Waals surface area contributed by atoms with Gasteiger partial charge < -0.3 is 9.47 Å². The first-order valence-corrected chi connectivity index (χ1v) is 7.60. The number of rotatable bonds is 6. The molecule has 0 bridgehead atoms. The third kappa shape index (κ3) is 5.39. The molecule has 2 aliphatic rings. The molecule has 2 saturated carbocycles. The maximum absolute atomic E-state index is 5.64. The van der Waals surface area contributed by atoms with E-state index in [-0.39, 0.29) is 0 Å². The van der Waals surface area contributed by atoms with Gasteiger partial charge in [0.15, 0.2) is 0 Å². The Balaban J connectivity index is 1.42. The summed E-state index contributed by atoms with van der Waals surface area (Å²) in [4.78, 5) is 0. The van der Waals surface area contributed by atoms with Gasteiger partial charge in [0.2, 0.25) is 0 Å². The van der Waals surface area contributed by atoms with Crippen molar-refractivity contribution in [2.45, 2.75) is 64.2 Å². The molecule has 0 N–H and O–H groups in total. The predicted octanol–water partition coefficient (Wildman–Crippen LogP) is 4.14. The van der Waals surface area contributed by atoms with Gasteiger partial charge in [0.1, 0.15) is 6.79 Å². The molecule has 0 radical (unpaired) electrons. The largest absolute Gasteiger partial charge is 0.355 e. The zero-order valence-electron chi connectivity index (χ0n) is 11.2. The first kappa shape index (κ1) is 13.4. The fraction of sp³-hybridized carbons (Fsp3) is 1.00. The minimum Gasteiger partial charge on any atom is -0.355 e. The molecule has 0 aromatic rings. The van der Waals surface area contributed by atoms with Crippen LogP contribution < -0.4 is 0 Å². The first-order valence-electron chi connectivity index (χ1n) is 7.60. The van der Waals surface area contributed by atoms with Gasteiger partial charge in [-0.2, -0.15) is 0 Å². The number of ether oxygens (including phenoxy) is 2. The Morgan fingerprint density at radius 3 is 1.41 bits per heavy atom. The summed E-state index contributed by atoms with van der Waals surface area (Å²) in [7, 11) is 0. The molecule has 100 valence electrons. The third-order valence-electron chi connectivity index (χ3n) is 4.32. The van der Waals surface area contributed by atoms with Gasteiger partial charge in [-0.25, -0.2) is 0 Å². The lowest BCUT2D eigenvalue weighted by atomic mass is 9.90. The van der Waals surface area contributed by atoms with Gasteiger partial charge in [-0.15, -0.1) is 0 Å². The average Bonchev–Trinajstić information content (AvgIpc) is 2.41. The molecular formula is C15H28O2. The zero-order chi connectivity index (χ0) is 11.8. The van der Waals surface area contributed by atoms with Gasteiger partial charge in [-0.1, -0.05) is 38.5 Å². The van der Waals surface area contributed by atoms with Crippen LogP contribution in [0.5, 0.6) is 0 Å². The third-order valence-corrected chi connectivity index (χ3v) is 4.32. The van der Waals surface area contributed by atoms with E-state index < -0.39 is 0 Å². The van der Waals surface area contributed by atoms with Gasteiger partial charge in [-0.3, -0.25) is 0 Å². The molecule has 0 heterocycles. The molecule has 0 saturated heterocycles. The van der Waals surface area contributed by atoms with E-state index in [1.54, 1.807) is 0 Å². The molecular weight excluding hydrogens is 212 g/mol. The van der Waals surface area contributed by atoms with Crippen LogP contribution in [0.25, 0.3) is 0 Å². The van der Waals surface area contributed by atoms with Gasteiger partial charge in [0.25, 0.3) is 0 Å². The molecule has 0 unspecified atom stereocenters. The molecule has 17 heavy (non-hydrogen) atoms. The minimum absolute atomic E-state index is 0.521. The fourth-order valence-corrected chi connectivity index (χ4v) is 3.20. The Labute approximate surface area is 106 Å². The van der Waals surface area contributed by atoms with Crippen LogP contribution >= 0.6 is 0 Å². The van der Waals surface area contributed by atoms with Gasteiger partial charge in [0, 0.05) is 0 Å². The minimum atomic E-state index is 0.521. The highest BCUT2D eigenvalue weighted by atomic mass is 16.7. The van der Waals surface area contributed by atoms with E-state index in [9.17, 15) is 0 Å². The predicted molar refractivity (Wildman–Crippen MR) is 69.9 cm³/mol. The molecule has 0 aromatic carbocycles. The van der Waals surface area contributed by atoms with Crippen molar-refractivity contribution >= 4 is 0 Å². The number of hydrogen-bond acceptors (Lipinski definition) is 2. The average molecular weight is 240 g/mol. The quantitative estimate of drug-likeness (QED) is 0.513. The van der Waals surface area contributed by atoms with Gasteiger partial charge in [-0.05, 0) is 37.5 Å². The monoisotopic (exact) mass is 240 g/mol. The molecule has 0 atom stereocenters. The van der Waals surface area contributed by atoms with Crippen molar-refractivity contribution in [2.75, 3.05) is 20.0 Å². The van der Waals surface area contributed by atoms with Crippen molar-refractivity contribution in [3.8, 4) is 0 Å². The maximum atomic E-state index is 5.64.